The molecule has 0 spiro atoms. The van der Waals surface area contributed by atoms with Gasteiger partial charge in [0.15, 0.2) is 0 Å². The normalized spacial score (nSPS) is 17.4. The van der Waals surface area contributed by atoms with Gasteiger partial charge >= 0.3 is 0 Å². The molecule has 2 rings (SSSR count). The van der Waals surface area contributed by atoms with Crippen LogP contribution in [0.5, 0.6) is 0 Å². The summed E-state index contributed by atoms with van der Waals surface area (Å²) in [7, 11) is 0. The van der Waals surface area contributed by atoms with Crippen molar-refractivity contribution in [2.45, 2.75) is 38.1 Å². The second-order valence-corrected chi connectivity index (χ2v) is 5.82. The molecule has 116 valence electrons. The molecule has 1 aromatic rings. The van der Waals surface area contributed by atoms with Gasteiger partial charge in [0.1, 0.15) is 0 Å². The van der Waals surface area contributed by atoms with Crippen molar-refractivity contribution in [2.75, 3.05) is 26.2 Å². The number of rotatable bonds is 7. The quantitative estimate of drug-likeness (QED) is 0.800. The average Bonchev–Trinajstić information content (AvgIpc) is 2.54. The Morgan fingerprint density at radius 2 is 1.90 bits per heavy atom. The van der Waals surface area contributed by atoms with Crippen LogP contribution in [0, 0.1) is 0 Å². The van der Waals surface area contributed by atoms with Gasteiger partial charge in [-0.15, -0.1) is 0 Å². The van der Waals surface area contributed by atoms with Crippen LogP contribution in [-0.4, -0.2) is 43.0 Å². The van der Waals surface area contributed by atoms with Crippen LogP contribution in [0.15, 0.2) is 30.3 Å². The second kappa shape index (κ2) is 8.80. The fourth-order valence-corrected chi connectivity index (χ4v) is 2.75. The minimum Gasteiger partial charge on any atom is -0.353 e. The summed E-state index contributed by atoms with van der Waals surface area (Å²) in [6.07, 6.45) is 5.45. The third kappa shape index (κ3) is 5.86. The Kier molecular flexibility index (Phi) is 6.70. The van der Waals surface area contributed by atoms with Crippen molar-refractivity contribution in [3.8, 4) is 0 Å². The molecule has 4 heteroatoms. The lowest BCUT2D eigenvalue weighted by molar-refractivity contribution is -0.122. The first-order valence-corrected chi connectivity index (χ1v) is 8.05. The van der Waals surface area contributed by atoms with Gasteiger partial charge in [-0.25, -0.2) is 0 Å². The molecule has 0 aliphatic carbocycles. The number of carbonyl (C=O) groups is 1. The largest absolute Gasteiger partial charge is 0.353 e. The standard InChI is InChI=1S/C17H27N3O/c18-16(10-9-15-7-3-1-4-8-15)17(21)19-11-14-20-12-5-2-6-13-20/h1,3-4,7-8,16H,2,5-6,9-14,18H2,(H,19,21)/t16-/m0/s1. The van der Waals surface area contributed by atoms with E-state index in [1.807, 2.05) is 18.2 Å². The molecule has 1 aromatic carbocycles. The molecule has 1 fully saturated rings. The lowest BCUT2D eigenvalue weighted by Crippen LogP contribution is -2.44. The molecule has 1 heterocycles. The zero-order valence-electron chi connectivity index (χ0n) is 12.8. The van der Waals surface area contributed by atoms with Gasteiger partial charge in [0.25, 0.3) is 0 Å². The Morgan fingerprint density at radius 3 is 2.62 bits per heavy atom. The zero-order chi connectivity index (χ0) is 14.9. The number of carbonyl (C=O) groups excluding carboxylic acids is 1. The van der Waals surface area contributed by atoms with Gasteiger partial charge in [-0.1, -0.05) is 36.8 Å². The minimum absolute atomic E-state index is 0.0251. The number of nitrogens with two attached hydrogens (primary N) is 1. The summed E-state index contributed by atoms with van der Waals surface area (Å²) < 4.78 is 0. The summed E-state index contributed by atoms with van der Waals surface area (Å²) in [6.45, 7) is 3.97. The first kappa shape index (κ1) is 16.0. The van der Waals surface area contributed by atoms with Gasteiger partial charge in [0.05, 0.1) is 6.04 Å². The predicted molar refractivity (Wildman–Crippen MR) is 86.0 cm³/mol. The van der Waals surface area contributed by atoms with E-state index in [1.165, 1.54) is 24.8 Å². The minimum atomic E-state index is -0.411. The number of likely N-dealkylation sites (tertiary alicyclic amines) is 1. The third-order valence-corrected chi connectivity index (χ3v) is 4.10. The first-order chi connectivity index (χ1) is 10.3. The van der Waals surface area contributed by atoms with Crippen LogP contribution in [0.4, 0.5) is 0 Å². The number of benzene rings is 1. The highest BCUT2D eigenvalue weighted by atomic mass is 16.2. The number of hydrogen-bond acceptors (Lipinski definition) is 3. The lowest BCUT2D eigenvalue weighted by atomic mass is 10.1. The van der Waals surface area contributed by atoms with Gasteiger partial charge in [0, 0.05) is 13.1 Å². The molecule has 0 saturated carbocycles. The highest BCUT2D eigenvalue weighted by Gasteiger charge is 2.14. The van der Waals surface area contributed by atoms with Crippen molar-refractivity contribution in [1.29, 1.82) is 0 Å². The van der Waals surface area contributed by atoms with Gasteiger partial charge in [-0.3, -0.25) is 4.79 Å². The molecule has 0 radical (unpaired) electrons. The molecular weight excluding hydrogens is 262 g/mol. The summed E-state index contributed by atoms with van der Waals surface area (Å²) in [6, 6.07) is 9.75. The number of nitrogens with one attached hydrogen (secondary N) is 1. The fourth-order valence-electron chi connectivity index (χ4n) is 2.75. The summed E-state index contributed by atoms with van der Waals surface area (Å²) in [4.78, 5) is 14.4. The molecule has 4 nitrogen and oxygen atoms in total. The second-order valence-electron chi connectivity index (χ2n) is 5.82. The molecule has 0 aromatic heterocycles. The van der Waals surface area contributed by atoms with Crippen LogP contribution >= 0.6 is 0 Å². The molecule has 3 N–H and O–H groups in total. The zero-order valence-corrected chi connectivity index (χ0v) is 12.8. The smallest absolute Gasteiger partial charge is 0.236 e. The lowest BCUT2D eigenvalue weighted by Gasteiger charge is -2.26. The summed E-state index contributed by atoms with van der Waals surface area (Å²) in [5.74, 6) is -0.0251. The van der Waals surface area contributed by atoms with Gasteiger partial charge in [-0.2, -0.15) is 0 Å². The summed E-state index contributed by atoms with van der Waals surface area (Å²) >= 11 is 0. The fraction of sp³-hybridized carbons (Fsp3) is 0.588. The van der Waals surface area contributed by atoms with E-state index in [0.29, 0.717) is 13.0 Å². The highest BCUT2D eigenvalue weighted by molar-refractivity contribution is 5.81. The van der Waals surface area contributed by atoms with Crippen LogP contribution in [0.25, 0.3) is 0 Å². The van der Waals surface area contributed by atoms with E-state index >= 15 is 0 Å². The number of aryl methyl sites for hydroxylation is 1. The number of amides is 1. The summed E-state index contributed by atoms with van der Waals surface area (Å²) in [5.41, 5.74) is 7.19. The molecule has 0 unspecified atom stereocenters. The molecular formula is C17H27N3O. The van der Waals surface area contributed by atoms with Gasteiger partial charge in [-0.05, 0) is 44.3 Å². The average molecular weight is 289 g/mol. The van der Waals surface area contributed by atoms with Crippen molar-refractivity contribution in [3.05, 3.63) is 35.9 Å². The Labute approximate surface area is 127 Å². The molecule has 0 bridgehead atoms. The van der Waals surface area contributed by atoms with Gasteiger partial charge in [0.2, 0.25) is 5.91 Å². The highest BCUT2D eigenvalue weighted by Crippen LogP contribution is 2.07. The van der Waals surface area contributed by atoms with Crippen LogP contribution < -0.4 is 11.1 Å². The van der Waals surface area contributed by atoms with E-state index in [2.05, 4.69) is 22.3 Å². The molecule has 21 heavy (non-hydrogen) atoms. The molecule has 1 amide bonds. The maximum Gasteiger partial charge on any atom is 0.236 e. The predicted octanol–water partition coefficient (Wildman–Crippen LogP) is 1.55. The van der Waals surface area contributed by atoms with Crippen molar-refractivity contribution >= 4 is 5.91 Å². The van der Waals surface area contributed by atoms with E-state index in [0.717, 1.165) is 26.1 Å². The Morgan fingerprint density at radius 1 is 1.19 bits per heavy atom. The van der Waals surface area contributed by atoms with Crippen LogP contribution in [0.2, 0.25) is 0 Å². The van der Waals surface area contributed by atoms with Crippen molar-refractivity contribution in [1.82, 2.24) is 10.2 Å². The van der Waals surface area contributed by atoms with E-state index in [4.69, 9.17) is 5.73 Å². The van der Waals surface area contributed by atoms with E-state index < -0.39 is 6.04 Å². The SMILES string of the molecule is N[C@@H](CCc1ccccc1)C(=O)NCCN1CCCCC1. The Balaban J connectivity index is 1.60. The Hall–Kier alpha value is -1.39. The van der Waals surface area contributed by atoms with Gasteiger partial charge < -0.3 is 16.0 Å². The molecule has 1 aliphatic heterocycles. The molecule has 1 atom stereocenters. The molecule has 1 saturated heterocycles. The monoisotopic (exact) mass is 289 g/mol. The van der Waals surface area contributed by atoms with Crippen LogP contribution in [0.1, 0.15) is 31.2 Å². The van der Waals surface area contributed by atoms with E-state index in [-0.39, 0.29) is 5.91 Å². The topological polar surface area (TPSA) is 58.4 Å². The van der Waals surface area contributed by atoms with E-state index in [1.54, 1.807) is 0 Å². The van der Waals surface area contributed by atoms with Crippen molar-refractivity contribution in [3.63, 3.8) is 0 Å². The third-order valence-electron chi connectivity index (χ3n) is 4.10. The molecule has 1 aliphatic rings. The summed E-state index contributed by atoms with van der Waals surface area (Å²) in [5, 5.41) is 2.96. The Bertz CT molecular complexity index is 415. The number of nitrogens with zero attached hydrogens (tertiary/aromatic N) is 1. The van der Waals surface area contributed by atoms with Crippen molar-refractivity contribution in [2.24, 2.45) is 5.73 Å². The van der Waals surface area contributed by atoms with Crippen LogP contribution in [0.3, 0.4) is 0 Å². The van der Waals surface area contributed by atoms with Crippen molar-refractivity contribution < 1.29 is 4.79 Å². The first-order valence-electron chi connectivity index (χ1n) is 8.05. The maximum atomic E-state index is 12.0. The maximum absolute atomic E-state index is 12.0. The number of piperidine rings is 1. The van der Waals surface area contributed by atoms with E-state index in [9.17, 15) is 4.79 Å². The number of hydrogen-bond donors (Lipinski definition) is 2. The van der Waals surface area contributed by atoms with Crippen LogP contribution in [-0.2, 0) is 11.2 Å².